The Labute approximate surface area is 112 Å². The Balaban J connectivity index is 1.93. The molecule has 2 heterocycles. The van der Waals surface area contributed by atoms with Crippen molar-refractivity contribution in [1.29, 1.82) is 5.26 Å². The summed E-state index contributed by atoms with van der Waals surface area (Å²) in [5, 5.41) is 17.0. The summed E-state index contributed by atoms with van der Waals surface area (Å²) in [6.45, 7) is 2.04. The summed E-state index contributed by atoms with van der Waals surface area (Å²) in [7, 11) is 0. The molecule has 4 nitrogen and oxygen atoms in total. The molecule has 1 saturated heterocycles. The number of aromatic nitrogens is 1. The van der Waals surface area contributed by atoms with Gasteiger partial charge in [0.05, 0.1) is 17.1 Å². The highest BCUT2D eigenvalue weighted by Crippen LogP contribution is 2.21. The second-order valence-electron chi connectivity index (χ2n) is 4.87. The fraction of sp³-hybridized carbons (Fsp3) is 0.333. The molecular weight excluding hydrogens is 236 g/mol. The number of anilines is 1. The van der Waals surface area contributed by atoms with Gasteiger partial charge in [-0.3, -0.25) is 0 Å². The first-order chi connectivity index (χ1) is 9.36. The van der Waals surface area contributed by atoms with Gasteiger partial charge in [0.25, 0.3) is 0 Å². The van der Waals surface area contributed by atoms with Crippen LogP contribution in [0.2, 0.25) is 0 Å². The van der Waals surface area contributed by atoms with Crippen molar-refractivity contribution in [1.82, 2.24) is 10.3 Å². The van der Waals surface area contributed by atoms with E-state index in [0.29, 0.717) is 11.6 Å². The normalized spacial score (nSPS) is 19.0. The van der Waals surface area contributed by atoms with Gasteiger partial charge in [0, 0.05) is 18.0 Å². The van der Waals surface area contributed by atoms with Crippen LogP contribution < -0.4 is 10.6 Å². The second-order valence-corrected chi connectivity index (χ2v) is 4.87. The third-order valence-electron chi connectivity index (χ3n) is 3.49. The predicted octanol–water partition coefficient (Wildman–Crippen LogP) is 2.27. The molecule has 0 spiro atoms. The van der Waals surface area contributed by atoms with Crippen LogP contribution >= 0.6 is 0 Å². The first-order valence-electron chi connectivity index (χ1n) is 6.64. The molecule has 0 saturated carbocycles. The highest BCUT2D eigenvalue weighted by Gasteiger charge is 2.14. The number of nitrogens with one attached hydrogen (secondary N) is 2. The molecule has 2 aromatic rings. The maximum atomic E-state index is 9.25. The number of benzene rings is 1. The smallest absolute Gasteiger partial charge is 0.128 e. The average molecular weight is 252 g/mol. The number of nitrogens with zero attached hydrogens (tertiary/aromatic N) is 2. The molecule has 0 amide bonds. The minimum absolute atomic E-state index is 0.397. The summed E-state index contributed by atoms with van der Waals surface area (Å²) >= 11 is 0. The first kappa shape index (κ1) is 11.9. The molecule has 1 aromatic heterocycles. The standard InChI is InChI=1S/C15H16N4/c16-9-11-8-15(18-12-4-3-7-17-10-12)19-14-6-2-1-5-13(11)14/h1-2,5-6,8,12,17H,3-4,7,10H2,(H,18,19). The minimum Gasteiger partial charge on any atom is -0.366 e. The Kier molecular flexibility index (Phi) is 3.30. The van der Waals surface area contributed by atoms with Crippen LogP contribution in [0.5, 0.6) is 0 Å². The predicted molar refractivity (Wildman–Crippen MR) is 76.0 cm³/mol. The molecule has 1 atom stereocenters. The highest BCUT2D eigenvalue weighted by molar-refractivity contribution is 5.86. The van der Waals surface area contributed by atoms with Crippen molar-refractivity contribution < 1.29 is 0 Å². The zero-order valence-electron chi connectivity index (χ0n) is 10.7. The largest absolute Gasteiger partial charge is 0.366 e. The van der Waals surface area contributed by atoms with Crippen LogP contribution in [0.15, 0.2) is 30.3 Å². The minimum atomic E-state index is 0.397. The third kappa shape index (κ3) is 2.51. The number of para-hydroxylation sites is 1. The van der Waals surface area contributed by atoms with Crippen molar-refractivity contribution in [3.63, 3.8) is 0 Å². The van der Waals surface area contributed by atoms with Gasteiger partial charge in [-0.25, -0.2) is 4.98 Å². The van der Waals surface area contributed by atoms with Gasteiger partial charge < -0.3 is 10.6 Å². The summed E-state index contributed by atoms with van der Waals surface area (Å²) in [6, 6.07) is 12.3. The molecule has 1 aromatic carbocycles. The van der Waals surface area contributed by atoms with E-state index < -0.39 is 0 Å². The van der Waals surface area contributed by atoms with Gasteiger partial charge in [0.2, 0.25) is 0 Å². The number of nitriles is 1. The molecule has 3 rings (SSSR count). The van der Waals surface area contributed by atoms with Crippen molar-refractivity contribution in [2.45, 2.75) is 18.9 Å². The molecule has 19 heavy (non-hydrogen) atoms. The lowest BCUT2D eigenvalue weighted by Gasteiger charge is -2.24. The van der Waals surface area contributed by atoms with E-state index in [1.54, 1.807) is 0 Å². The Morgan fingerprint density at radius 1 is 1.37 bits per heavy atom. The molecule has 96 valence electrons. The van der Waals surface area contributed by atoms with Crippen LogP contribution in [-0.4, -0.2) is 24.1 Å². The lowest BCUT2D eigenvalue weighted by molar-refractivity contribution is 0.479. The van der Waals surface area contributed by atoms with E-state index in [1.807, 2.05) is 30.3 Å². The van der Waals surface area contributed by atoms with Gasteiger partial charge in [-0.1, -0.05) is 18.2 Å². The molecule has 4 heteroatoms. The second kappa shape index (κ2) is 5.25. The van der Waals surface area contributed by atoms with Gasteiger partial charge in [0.15, 0.2) is 0 Å². The SMILES string of the molecule is N#Cc1cc(NC2CCCNC2)nc2ccccc12. The fourth-order valence-corrected chi connectivity index (χ4v) is 2.53. The molecular formula is C15H16N4. The van der Waals surface area contributed by atoms with Crippen molar-refractivity contribution in [3.8, 4) is 6.07 Å². The molecule has 1 unspecified atom stereocenters. The van der Waals surface area contributed by atoms with Gasteiger partial charge >= 0.3 is 0 Å². The zero-order valence-corrected chi connectivity index (χ0v) is 10.7. The van der Waals surface area contributed by atoms with Crippen molar-refractivity contribution in [3.05, 3.63) is 35.9 Å². The molecule has 1 aliphatic rings. The van der Waals surface area contributed by atoms with Crippen molar-refractivity contribution in [2.75, 3.05) is 18.4 Å². The van der Waals surface area contributed by atoms with Gasteiger partial charge in [-0.2, -0.15) is 5.26 Å². The van der Waals surface area contributed by atoms with Gasteiger partial charge in [-0.05, 0) is 31.5 Å². The van der Waals surface area contributed by atoms with E-state index in [4.69, 9.17) is 0 Å². The first-order valence-corrected chi connectivity index (χ1v) is 6.64. The fourth-order valence-electron chi connectivity index (χ4n) is 2.53. The molecule has 2 N–H and O–H groups in total. The number of pyridine rings is 1. The van der Waals surface area contributed by atoms with E-state index in [2.05, 4.69) is 21.7 Å². The van der Waals surface area contributed by atoms with Crippen molar-refractivity contribution >= 4 is 16.7 Å². The van der Waals surface area contributed by atoms with Gasteiger partial charge in [-0.15, -0.1) is 0 Å². The van der Waals surface area contributed by atoms with E-state index in [1.165, 1.54) is 6.42 Å². The summed E-state index contributed by atoms with van der Waals surface area (Å²) in [4.78, 5) is 4.59. The third-order valence-corrected chi connectivity index (χ3v) is 3.49. The number of piperidine rings is 1. The monoisotopic (exact) mass is 252 g/mol. The molecule has 0 aliphatic carbocycles. The van der Waals surface area contributed by atoms with Crippen LogP contribution in [0.3, 0.4) is 0 Å². The van der Waals surface area contributed by atoms with Gasteiger partial charge in [0.1, 0.15) is 5.82 Å². The van der Waals surface area contributed by atoms with Crippen LogP contribution in [0.25, 0.3) is 10.9 Å². The summed E-state index contributed by atoms with van der Waals surface area (Å²) in [5.41, 5.74) is 1.55. The summed E-state index contributed by atoms with van der Waals surface area (Å²) in [6.07, 6.45) is 2.32. The van der Waals surface area contributed by atoms with Crippen LogP contribution in [0.4, 0.5) is 5.82 Å². The molecule has 1 fully saturated rings. The van der Waals surface area contributed by atoms with Crippen LogP contribution in [-0.2, 0) is 0 Å². The number of rotatable bonds is 2. The Morgan fingerprint density at radius 2 is 2.26 bits per heavy atom. The number of hydrogen-bond acceptors (Lipinski definition) is 4. The highest BCUT2D eigenvalue weighted by atomic mass is 15.1. The molecule has 1 aliphatic heterocycles. The van der Waals surface area contributed by atoms with Crippen LogP contribution in [0, 0.1) is 11.3 Å². The summed E-state index contributed by atoms with van der Waals surface area (Å²) in [5.74, 6) is 0.795. The van der Waals surface area contributed by atoms with Crippen molar-refractivity contribution in [2.24, 2.45) is 0 Å². The Bertz CT molecular complexity index is 624. The lowest BCUT2D eigenvalue weighted by Crippen LogP contribution is -2.38. The maximum Gasteiger partial charge on any atom is 0.128 e. The maximum absolute atomic E-state index is 9.25. The average Bonchev–Trinajstić information content (AvgIpc) is 2.47. The Morgan fingerprint density at radius 3 is 3.05 bits per heavy atom. The van der Waals surface area contributed by atoms with Crippen LogP contribution in [0.1, 0.15) is 18.4 Å². The molecule has 0 radical (unpaired) electrons. The summed E-state index contributed by atoms with van der Waals surface area (Å²) < 4.78 is 0. The number of hydrogen-bond donors (Lipinski definition) is 2. The zero-order chi connectivity index (χ0) is 13.1. The quantitative estimate of drug-likeness (QED) is 0.860. The lowest BCUT2D eigenvalue weighted by atomic mass is 10.1. The number of fused-ring (bicyclic) bond motifs is 1. The van der Waals surface area contributed by atoms with E-state index in [0.717, 1.165) is 36.2 Å². The van der Waals surface area contributed by atoms with E-state index in [-0.39, 0.29) is 0 Å². The Hall–Kier alpha value is -2.12. The topological polar surface area (TPSA) is 60.7 Å². The van der Waals surface area contributed by atoms with E-state index in [9.17, 15) is 5.26 Å². The van der Waals surface area contributed by atoms with E-state index >= 15 is 0 Å². The molecule has 0 bridgehead atoms.